The Balaban J connectivity index is 1.99. The summed E-state index contributed by atoms with van der Waals surface area (Å²) in [7, 11) is 0. The highest BCUT2D eigenvalue weighted by atomic mass is 16.2. The Morgan fingerprint density at radius 3 is 2.64 bits per heavy atom. The van der Waals surface area contributed by atoms with E-state index in [1.807, 2.05) is 18.7 Å². The highest BCUT2D eigenvalue weighted by Crippen LogP contribution is 2.46. The minimum absolute atomic E-state index is 0.0371. The monoisotopic (exact) mass is 195 g/mol. The summed E-state index contributed by atoms with van der Waals surface area (Å²) in [5.41, 5.74) is -0.0832. The number of hydrogen-bond donors (Lipinski definition) is 0. The van der Waals surface area contributed by atoms with Crippen molar-refractivity contribution in [3.05, 3.63) is 0 Å². The zero-order chi connectivity index (χ0) is 10.3. The van der Waals surface area contributed by atoms with Crippen LogP contribution in [0.5, 0.6) is 0 Å². The lowest BCUT2D eigenvalue weighted by Crippen LogP contribution is -2.45. The highest BCUT2D eigenvalue weighted by Gasteiger charge is 2.47. The lowest BCUT2D eigenvalue weighted by molar-refractivity contribution is -0.141. The molecule has 3 nitrogen and oxygen atoms in total. The summed E-state index contributed by atoms with van der Waals surface area (Å²) >= 11 is 0. The second kappa shape index (κ2) is 3.07. The number of Topliss-reactive ketones (excluding diaryl/α,β-unsaturated/α-hetero) is 1. The van der Waals surface area contributed by atoms with Gasteiger partial charge in [-0.2, -0.15) is 0 Å². The van der Waals surface area contributed by atoms with Gasteiger partial charge in [-0.25, -0.2) is 0 Å². The molecule has 2 rings (SSSR count). The Labute approximate surface area is 84.5 Å². The van der Waals surface area contributed by atoms with Crippen molar-refractivity contribution in [2.45, 2.75) is 33.1 Å². The lowest BCUT2D eigenvalue weighted by atomic mass is 9.97. The van der Waals surface area contributed by atoms with Gasteiger partial charge in [0.15, 0.2) is 0 Å². The van der Waals surface area contributed by atoms with E-state index in [1.165, 1.54) is 0 Å². The number of hydrogen-bond acceptors (Lipinski definition) is 2. The summed E-state index contributed by atoms with van der Waals surface area (Å²) in [4.78, 5) is 25.1. The molecule has 1 saturated heterocycles. The van der Waals surface area contributed by atoms with Crippen molar-refractivity contribution in [3.63, 3.8) is 0 Å². The van der Waals surface area contributed by atoms with Gasteiger partial charge in [0.2, 0.25) is 5.91 Å². The largest absolute Gasteiger partial charge is 0.341 e. The quantitative estimate of drug-likeness (QED) is 0.631. The molecule has 2 aliphatic rings. The number of rotatable bonds is 1. The maximum Gasteiger partial charge on any atom is 0.228 e. The molecule has 0 bridgehead atoms. The van der Waals surface area contributed by atoms with Gasteiger partial charge in [-0.15, -0.1) is 0 Å². The van der Waals surface area contributed by atoms with E-state index in [9.17, 15) is 9.59 Å². The number of carbonyl (C=O) groups is 2. The number of piperidine rings is 1. The van der Waals surface area contributed by atoms with E-state index in [0.29, 0.717) is 25.3 Å². The summed E-state index contributed by atoms with van der Waals surface area (Å²) < 4.78 is 0. The van der Waals surface area contributed by atoms with Gasteiger partial charge < -0.3 is 4.90 Å². The van der Waals surface area contributed by atoms with Crippen molar-refractivity contribution < 1.29 is 9.59 Å². The molecule has 0 aromatic heterocycles. The minimum Gasteiger partial charge on any atom is -0.341 e. The van der Waals surface area contributed by atoms with Crippen molar-refractivity contribution >= 4 is 11.7 Å². The van der Waals surface area contributed by atoms with Crippen LogP contribution in [0.1, 0.15) is 33.1 Å². The Kier molecular flexibility index (Phi) is 2.13. The Morgan fingerprint density at radius 1 is 1.50 bits per heavy atom. The number of ketones is 1. The summed E-state index contributed by atoms with van der Waals surface area (Å²) in [6.07, 6.45) is 2.58. The summed E-state index contributed by atoms with van der Waals surface area (Å²) in [5, 5.41) is 0. The number of likely N-dealkylation sites (tertiary alicyclic amines) is 1. The second-order valence-electron chi connectivity index (χ2n) is 4.93. The van der Waals surface area contributed by atoms with Crippen LogP contribution in [0.15, 0.2) is 0 Å². The fraction of sp³-hybridized carbons (Fsp3) is 0.818. The molecular formula is C11H17NO2. The Morgan fingerprint density at radius 2 is 2.14 bits per heavy atom. The number of carbonyl (C=O) groups excluding carboxylic acids is 2. The molecule has 1 atom stereocenters. The van der Waals surface area contributed by atoms with Crippen LogP contribution in [0.25, 0.3) is 0 Å². The molecule has 1 saturated carbocycles. The summed E-state index contributed by atoms with van der Waals surface area (Å²) in [6, 6.07) is 0. The van der Waals surface area contributed by atoms with Crippen LogP contribution in [-0.4, -0.2) is 29.7 Å². The van der Waals surface area contributed by atoms with E-state index in [1.54, 1.807) is 0 Å². The molecule has 0 N–H and O–H groups in total. The van der Waals surface area contributed by atoms with Crippen LogP contribution in [-0.2, 0) is 9.59 Å². The smallest absolute Gasteiger partial charge is 0.228 e. The first-order valence-electron chi connectivity index (χ1n) is 5.35. The maximum absolute atomic E-state index is 11.9. The van der Waals surface area contributed by atoms with Crippen molar-refractivity contribution in [2.75, 3.05) is 13.1 Å². The molecule has 3 heteroatoms. The lowest BCUT2D eigenvalue weighted by Gasteiger charge is -2.32. The number of nitrogens with zero attached hydrogens (tertiary/aromatic N) is 1. The molecular weight excluding hydrogens is 178 g/mol. The zero-order valence-corrected chi connectivity index (χ0v) is 8.88. The topological polar surface area (TPSA) is 37.4 Å². The fourth-order valence-electron chi connectivity index (χ4n) is 1.98. The highest BCUT2D eigenvalue weighted by molar-refractivity contribution is 5.88. The molecule has 1 aliphatic carbocycles. The molecule has 0 spiro atoms. The van der Waals surface area contributed by atoms with Gasteiger partial charge >= 0.3 is 0 Å². The van der Waals surface area contributed by atoms with Crippen molar-refractivity contribution in [3.8, 4) is 0 Å². The SMILES string of the molecule is CC1CN(C(=O)C2(C)CC2)CCC1=O. The van der Waals surface area contributed by atoms with Gasteiger partial charge in [-0.1, -0.05) is 13.8 Å². The first-order valence-corrected chi connectivity index (χ1v) is 5.35. The number of amides is 1. The van der Waals surface area contributed by atoms with Crippen molar-refractivity contribution in [1.82, 2.24) is 4.90 Å². The predicted octanol–water partition coefficient (Wildman–Crippen LogP) is 1.22. The van der Waals surface area contributed by atoms with Crippen LogP contribution < -0.4 is 0 Å². The van der Waals surface area contributed by atoms with Gasteiger partial charge in [0, 0.05) is 30.8 Å². The standard InChI is InChI=1S/C11H17NO2/c1-8-7-12(6-3-9(8)13)10(14)11(2)4-5-11/h8H,3-7H2,1-2H3. The Bertz CT molecular complexity index is 281. The minimum atomic E-state index is -0.0832. The van der Waals surface area contributed by atoms with Gasteiger partial charge in [0.05, 0.1) is 0 Å². The van der Waals surface area contributed by atoms with Crippen LogP contribution >= 0.6 is 0 Å². The predicted molar refractivity (Wildman–Crippen MR) is 52.7 cm³/mol. The van der Waals surface area contributed by atoms with Crippen molar-refractivity contribution in [2.24, 2.45) is 11.3 Å². The Hall–Kier alpha value is -0.860. The van der Waals surface area contributed by atoms with Crippen LogP contribution in [0.3, 0.4) is 0 Å². The molecule has 0 aromatic carbocycles. The summed E-state index contributed by atoms with van der Waals surface area (Å²) in [6.45, 7) is 5.21. The van der Waals surface area contributed by atoms with E-state index in [2.05, 4.69) is 0 Å². The fourth-order valence-corrected chi connectivity index (χ4v) is 1.98. The average molecular weight is 195 g/mol. The molecule has 14 heavy (non-hydrogen) atoms. The molecule has 78 valence electrons. The first kappa shape index (κ1) is 9.69. The third-order valence-electron chi connectivity index (χ3n) is 3.48. The first-order chi connectivity index (χ1) is 6.53. The van der Waals surface area contributed by atoms with Gasteiger partial charge in [-0.3, -0.25) is 9.59 Å². The second-order valence-corrected chi connectivity index (χ2v) is 4.93. The van der Waals surface area contributed by atoms with E-state index < -0.39 is 0 Å². The van der Waals surface area contributed by atoms with Crippen LogP contribution in [0.2, 0.25) is 0 Å². The molecule has 0 radical (unpaired) electrons. The van der Waals surface area contributed by atoms with E-state index in [-0.39, 0.29) is 17.2 Å². The third-order valence-corrected chi connectivity index (χ3v) is 3.48. The normalized spacial score (nSPS) is 30.3. The van der Waals surface area contributed by atoms with Crippen LogP contribution in [0.4, 0.5) is 0 Å². The average Bonchev–Trinajstić information content (AvgIpc) is 2.89. The van der Waals surface area contributed by atoms with Crippen LogP contribution in [0, 0.1) is 11.3 Å². The maximum atomic E-state index is 11.9. The molecule has 0 aromatic rings. The summed E-state index contributed by atoms with van der Waals surface area (Å²) in [5.74, 6) is 0.599. The molecule has 1 amide bonds. The molecule has 1 unspecified atom stereocenters. The third kappa shape index (κ3) is 1.56. The zero-order valence-electron chi connectivity index (χ0n) is 8.88. The van der Waals surface area contributed by atoms with E-state index >= 15 is 0 Å². The molecule has 1 aliphatic heterocycles. The van der Waals surface area contributed by atoms with E-state index in [0.717, 1.165) is 12.8 Å². The molecule has 1 heterocycles. The molecule has 2 fully saturated rings. The van der Waals surface area contributed by atoms with E-state index in [4.69, 9.17) is 0 Å². The van der Waals surface area contributed by atoms with Gasteiger partial charge in [0.1, 0.15) is 5.78 Å². The van der Waals surface area contributed by atoms with Crippen molar-refractivity contribution in [1.29, 1.82) is 0 Å². The van der Waals surface area contributed by atoms with Gasteiger partial charge in [0.25, 0.3) is 0 Å². The van der Waals surface area contributed by atoms with Gasteiger partial charge in [-0.05, 0) is 12.8 Å².